The Labute approximate surface area is 139 Å². The van der Waals surface area contributed by atoms with Gasteiger partial charge >= 0.3 is 5.97 Å². The van der Waals surface area contributed by atoms with E-state index in [1.165, 1.54) is 4.68 Å². The summed E-state index contributed by atoms with van der Waals surface area (Å²) in [5.41, 5.74) is 0.757. The minimum atomic E-state index is -0.879. The number of rotatable bonds is 8. The molecule has 1 unspecified atom stereocenters. The summed E-state index contributed by atoms with van der Waals surface area (Å²) in [6.07, 6.45) is 2.25. The Morgan fingerprint density at radius 2 is 2.22 bits per heavy atom. The van der Waals surface area contributed by atoms with Crippen molar-refractivity contribution in [2.75, 3.05) is 7.11 Å². The summed E-state index contributed by atoms with van der Waals surface area (Å²) in [4.78, 5) is 12.5. The standard InChI is InChI=1S/C16H21N3O3S/c1-11(2)7-15(16(20)21)19-9-12(17-18-19)10-23-14-6-4-5-13(8-14)22-3/h4-6,8-9,11,15H,7,10H2,1-3H3,(H,20,21). The highest BCUT2D eigenvalue weighted by atomic mass is 32.2. The van der Waals surface area contributed by atoms with Gasteiger partial charge in [0.05, 0.1) is 19.0 Å². The molecule has 6 nitrogen and oxygen atoms in total. The lowest BCUT2D eigenvalue weighted by Gasteiger charge is -2.13. The molecule has 124 valence electrons. The molecule has 23 heavy (non-hydrogen) atoms. The van der Waals surface area contributed by atoms with Crippen molar-refractivity contribution >= 4 is 17.7 Å². The molecule has 0 spiro atoms. The molecule has 2 aromatic rings. The third-order valence-electron chi connectivity index (χ3n) is 3.28. The lowest BCUT2D eigenvalue weighted by atomic mass is 10.0. The van der Waals surface area contributed by atoms with Crippen molar-refractivity contribution in [3.05, 3.63) is 36.2 Å². The van der Waals surface area contributed by atoms with Gasteiger partial charge in [-0.2, -0.15) is 0 Å². The van der Waals surface area contributed by atoms with Crippen LogP contribution >= 0.6 is 11.8 Å². The van der Waals surface area contributed by atoms with Gasteiger partial charge in [-0.1, -0.05) is 25.1 Å². The van der Waals surface area contributed by atoms with E-state index in [-0.39, 0.29) is 5.92 Å². The van der Waals surface area contributed by atoms with Crippen LogP contribution in [0.25, 0.3) is 0 Å². The summed E-state index contributed by atoms with van der Waals surface area (Å²) >= 11 is 1.61. The van der Waals surface area contributed by atoms with Crippen LogP contribution in [0.2, 0.25) is 0 Å². The maximum atomic E-state index is 11.4. The van der Waals surface area contributed by atoms with Gasteiger partial charge in [-0.25, -0.2) is 9.48 Å². The highest BCUT2D eigenvalue weighted by molar-refractivity contribution is 7.98. The first-order valence-electron chi connectivity index (χ1n) is 7.40. The first-order valence-corrected chi connectivity index (χ1v) is 8.38. The largest absolute Gasteiger partial charge is 0.497 e. The number of aliphatic carboxylic acids is 1. The van der Waals surface area contributed by atoms with Gasteiger partial charge in [0.25, 0.3) is 0 Å². The van der Waals surface area contributed by atoms with Crippen molar-refractivity contribution in [1.82, 2.24) is 15.0 Å². The van der Waals surface area contributed by atoms with E-state index in [9.17, 15) is 9.90 Å². The second-order valence-electron chi connectivity index (χ2n) is 5.64. The highest BCUT2D eigenvalue weighted by Gasteiger charge is 2.22. The van der Waals surface area contributed by atoms with Crippen LogP contribution < -0.4 is 4.74 Å². The highest BCUT2D eigenvalue weighted by Crippen LogP contribution is 2.26. The van der Waals surface area contributed by atoms with E-state index in [0.29, 0.717) is 12.2 Å². The van der Waals surface area contributed by atoms with Gasteiger partial charge in [-0.05, 0) is 30.5 Å². The second-order valence-corrected chi connectivity index (χ2v) is 6.69. The molecule has 1 aromatic heterocycles. The van der Waals surface area contributed by atoms with Crippen molar-refractivity contribution in [3.63, 3.8) is 0 Å². The Balaban J connectivity index is 2.02. The summed E-state index contributed by atoms with van der Waals surface area (Å²) in [6, 6.07) is 7.10. The van der Waals surface area contributed by atoms with E-state index < -0.39 is 12.0 Å². The van der Waals surface area contributed by atoms with Gasteiger partial charge in [-0.3, -0.25) is 0 Å². The number of carbonyl (C=O) groups is 1. The maximum Gasteiger partial charge on any atom is 0.328 e. The molecule has 2 rings (SSSR count). The zero-order valence-electron chi connectivity index (χ0n) is 13.5. The van der Waals surface area contributed by atoms with Crippen LogP contribution in [0.5, 0.6) is 5.75 Å². The molecule has 1 aromatic carbocycles. The van der Waals surface area contributed by atoms with Gasteiger partial charge in [-0.15, -0.1) is 16.9 Å². The number of ether oxygens (including phenoxy) is 1. The van der Waals surface area contributed by atoms with E-state index in [1.807, 2.05) is 38.1 Å². The Hall–Kier alpha value is -2.02. The van der Waals surface area contributed by atoms with E-state index in [1.54, 1.807) is 25.1 Å². The van der Waals surface area contributed by atoms with Gasteiger partial charge in [0.2, 0.25) is 0 Å². The van der Waals surface area contributed by atoms with Crippen molar-refractivity contribution in [2.24, 2.45) is 5.92 Å². The fraction of sp³-hybridized carbons (Fsp3) is 0.438. The Bertz CT molecular complexity index is 658. The normalized spacial score (nSPS) is 12.3. The zero-order chi connectivity index (χ0) is 16.8. The topological polar surface area (TPSA) is 77.2 Å². The number of carboxylic acids is 1. The third kappa shape index (κ3) is 4.99. The van der Waals surface area contributed by atoms with E-state index in [0.717, 1.165) is 16.3 Å². The number of methoxy groups -OCH3 is 1. The van der Waals surface area contributed by atoms with Crippen LogP contribution in [0.1, 0.15) is 32.0 Å². The number of hydrogen-bond donors (Lipinski definition) is 1. The predicted octanol–water partition coefficient (Wildman–Crippen LogP) is 3.25. The molecule has 0 aliphatic rings. The Morgan fingerprint density at radius 3 is 2.87 bits per heavy atom. The summed E-state index contributed by atoms with van der Waals surface area (Å²) in [5, 5.41) is 17.4. The molecule has 0 aliphatic carbocycles. The summed E-state index contributed by atoms with van der Waals surface area (Å²) in [6.45, 7) is 3.98. The SMILES string of the molecule is COc1cccc(SCc2cn(C(CC(C)C)C(=O)O)nn2)c1. The minimum Gasteiger partial charge on any atom is -0.497 e. The molecule has 0 bridgehead atoms. The second kappa shape index (κ2) is 8.01. The number of nitrogens with zero attached hydrogens (tertiary/aromatic N) is 3. The zero-order valence-corrected chi connectivity index (χ0v) is 14.3. The smallest absolute Gasteiger partial charge is 0.328 e. The number of thioether (sulfide) groups is 1. The lowest BCUT2D eigenvalue weighted by molar-refractivity contribution is -0.141. The molecule has 1 N–H and O–H groups in total. The van der Waals surface area contributed by atoms with Crippen LogP contribution in [-0.4, -0.2) is 33.2 Å². The Morgan fingerprint density at radius 1 is 1.43 bits per heavy atom. The van der Waals surface area contributed by atoms with Gasteiger partial charge in [0, 0.05) is 10.6 Å². The van der Waals surface area contributed by atoms with Crippen LogP contribution in [0.15, 0.2) is 35.4 Å². The number of aromatic nitrogens is 3. The summed E-state index contributed by atoms with van der Waals surface area (Å²) < 4.78 is 6.64. The molecule has 0 saturated heterocycles. The monoisotopic (exact) mass is 335 g/mol. The predicted molar refractivity (Wildman–Crippen MR) is 88.7 cm³/mol. The maximum absolute atomic E-state index is 11.4. The van der Waals surface area contributed by atoms with Crippen LogP contribution in [0.4, 0.5) is 0 Å². The Kier molecular flexibility index (Phi) is 6.04. The molecular weight excluding hydrogens is 314 g/mol. The molecule has 0 amide bonds. The van der Waals surface area contributed by atoms with Crippen molar-refractivity contribution in [3.8, 4) is 5.75 Å². The van der Waals surface area contributed by atoms with Crippen molar-refractivity contribution < 1.29 is 14.6 Å². The first-order chi connectivity index (χ1) is 11.0. The van der Waals surface area contributed by atoms with E-state index >= 15 is 0 Å². The third-order valence-corrected chi connectivity index (χ3v) is 4.31. The average molecular weight is 335 g/mol. The van der Waals surface area contributed by atoms with Gasteiger partial charge in [0.1, 0.15) is 5.75 Å². The molecule has 7 heteroatoms. The molecule has 0 radical (unpaired) electrons. The summed E-state index contributed by atoms with van der Waals surface area (Å²) in [7, 11) is 1.64. The van der Waals surface area contributed by atoms with Crippen LogP contribution in [0, 0.1) is 5.92 Å². The fourth-order valence-electron chi connectivity index (χ4n) is 2.15. The number of hydrogen-bond acceptors (Lipinski definition) is 5. The molecule has 0 aliphatic heterocycles. The molecule has 0 fully saturated rings. The molecule has 1 heterocycles. The first kappa shape index (κ1) is 17.3. The van der Waals surface area contributed by atoms with E-state index in [4.69, 9.17) is 4.74 Å². The van der Waals surface area contributed by atoms with Gasteiger partial charge in [0.15, 0.2) is 6.04 Å². The number of carboxylic acid groups (broad SMARTS) is 1. The van der Waals surface area contributed by atoms with Crippen molar-refractivity contribution in [2.45, 2.75) is 37.0 Å². The molecular formula is C16H21N3O3S. The molecule has 1 atom stereocenters. The lowest BCUT2D eigenvalue weighted by Crippen LogP contribution is -2.21. The van der Waals surface area contributed by atoms with Crippen molar-refractivity contribution in [1.29, 1.82) is 0 Å². The number of benzene rings is 1. The quantitative estimate of drug-likeness (QED) is 0.746. The van der Waals surface area contributed by atoms with Crippen LogP contribution in [-0.2, 0) is 10.5 Å². The average Bonchev–Trinajstić information content (AvgIpc) is 2.99. The fourth-order valence-corrected chi connectivity index (χ4v) is 2.97. The minimum absolute atomic E-state index is 0.273. The van der Waals surface area contributed by atoms with Crippen LogP contribution in [0.3, 0.4) is 0 Å². The van der Waals surface area contributed by atoms with Gasteiger partial charge < -0.3 is 9.84 Å². The van der Waals surface area contributed by atoms with E-state index in [2.05, 4.69) is 10.3 Å². The summed E-state index contributed by atoms with van der Waals surface area (Å²) in [5.74, 6) is 0.827. The molecule has 0 saturated carbocycles.